The van der Waals surface area contributed by atoms with Gasteiger partial charge in [0.25, 0.3) is 5.56 Å². The van der Waals surface area contributed by atoms with Crippen LogP contribution in [-0.2, 0) is 13.1 Å². The van der Waals surface area contributed by atoms with E-state index in [9.17, 15) is 9.59 Å². The molecule has 8 heteroatoms. The summed E-state index contributed by atoms with van der Waals surface area (Å²) in [6.07, 6.45) is 1.47. The van der Waals surface area contributed by atoms with E-state index < -0.39 is 0 Å². The second-order valence-electron chi connectivity index (χ2n) is 5.36. The molecule has 0 saturated carbocycles. The molecule has 2 amide bonds. The molecule has 0 saturated heterocycles. The molecule has 0 atom stereocenters. The summed E-state index contributed by atoms with van der Waals surface area (Å²) < 4.78 is 11.8. The van der Waals surface area contributed by atoms with E-state index in [2.05, 4.69) is 15.6 Å². The van der Waals surface area contributed by atoms with Crippen molar-refractivity contribution in [2.75, 3.05) is 20.8 Å². The third kappa shape index (κ3) is 5.23. The van der Waals surface area contributed by atoms with Gasteiger partial charge in [0.15, 0.2) is 11.5 Å². The van der Waals surface area contributed by atoms with E-state index in [1.807, 2.05) is 6.07 Å². The lowest BCUT2D eigenvalue weighted by atomic mass is 10.2. The fourth-order valence-electron chi connectivity index (χ4n) is 2.21. The first-order valence-corrected chi connectivity index (χ1v) is 7.79. The Bertz CT molecular complexity index is 788. The maximum Gasteiger partial charge on any atom is 0.315 e. The molecule has 0 aliphatic rings. The zero-order valence-corrected chi connectivity index (χ0v) is 14.5. The van der Waals surface area contributed by atoms with E-state index in [-0.39, 0.29) is 11.6 Å². The van der Waals surface area contributed by atoms with Gasteiger partial charge in [-0.3, -0.25) is 9.36 Å². The minimum atomic E-state index is -0.317. The quantitative estimate of drug-likeness (QED) is 0.782. The van der Waals surface area contributed by atoms with Crippen molar-refractivity contribution in [3.05, 3.63) is 52.2 Å². The minimum absolute atomic E-state index is 0.139. The highest BCUT2D eigenvalue weighted by molar-refractivity contribution is 5.73. The molecular weight excluding hydrogens is 324 g/mol. The van der Waals surface area contributed by atoms with E-state index in [4.69, 9.17) is 9.47 Å². The number of aryl methyl sites for hydroxylation is 1. The third-order valence-corrected chi connectivity index (χ3v) is 3.56. The monoisotopic (exact) mass is 346 g/mol. The molecule has 0 aliphatic carbocycles. The number of hydrogen-bond donors (Lipinski definition) is 2. The maximum absolute atomic E-state index is 11.8. The van der Waals surface area contributed by atoms with Gasteiger partial charge in [-0.05, 0) is 24.6 Å². The fraction of sp³-hybridized carbons (Fsp3) is 0.353. The Morgan fingerprint density at radius 3 is 2.60 bits per heavy atom. The minimum Gasteiger partial charge on any atom is -0.493 e. The number of nitrogens with one attached hydrogen (secondary N) is 2. The molecule has 0 unspecified atom stereocenters. The Labute approximate surface area is 145 Å². The number of urea groups is 1. The molecule has 25 heavy (non-hydrogen) atoms. The van der Waals surface area contributed by atoms with Gasteiger partial charge in [-0.1, -0.05) is 6.07 Å². The SMILES string of the molecule is COc1ccc(CNC(=O)NCCn2cnc(C)cc2=O)cc1OC. The van der Waals surface area contributed by atoms with E-state index in [0.29, 0.717) is 36.8 Å². The molecule has 0 aliphatic heterocycles. The zero-order valence-electron chi connectivity index (χ0n) is 14.5. The van der Waals surface area contributed by atoms with Crippen LogP contribution in [0.3, 0.4) is 0 Å². The van der Waals surface area contributed by atoms with Gasteiger partial charge in [0.05, 0.1) is 20.5 Å². The molecule has 2 N–H and O–H groups in total. The number of hydrogen-bond acceptors (Lipinski definition) is 5. The van der Waals surface area contributed by atoms with Gasteiger partial charge >= 0.3 is 6.03 Å². The number of carbonyl (C=O) groups excluding carboxylic acids is 1. The summed E-state index contributed by atoms with van der Waals surface area (Å²) in [5.41, 5.74) is 1.41. The number of nitrogens with zero attached hydrogens (tertiary/aromatic N) is 2. The average molecular weight is 346 g/mol. The summed E-state index contributed by atoms with van der Waals surface area (Å²) in [4.78, 5) is 27.6. The van der Waals surface area contributed by atoms with E-state index in [0.717, 1.165) is 5.56 Å². The van der Waals surface area contributed by atoms with Gasteiger partial charge in [-0.15, -0.1) is 0 Å². The van der Waals surface area contributed by atoms with Gasteiger partial charge in [0, 0.05) is 31.4 Å². The predicted molar refractivity (Wildman–Crippen MR) is 93.0 cm³/mol. The van der Waals surface area contributed by atoms with Gasteiger partial charge in [-0.25, -0.2) is 9.78 Å². The highest BCUT2D eigenvalue weighted by atomic mass is 16.5. The van der Waals surface area contributed by atoms with Crippen LogP contribution in [-0.4, -0.2) is 36.3 Å². The van der Waals surface area contributed by atoms with Crippen molar-refractivity contribution in [2.45, 2.75) is 20.0 Å². The molecule has 1 aromatic heterocycles. The number of aromatic nitrogens is 2. The van der Waals surface area contributed by atoms with Crippen molar-refractivity contribution in [1.82, 2.24) is 20.2 Å². The summed E-state index contributed by atoms with van der Waals surface area (Å²) in [7, 11) is 3.13. The second kappa shape index (κ2) is 8.72. The van der Waals surface area contributed by atoms with Crippen molar-refractivity contribution < 1.29 is 14.3 Å². The third-order valence-electron chi connectivity index (χ3n) is 3.56. The van der Waals surface area contributed by atoms with Crippen LogP contribution in [0.1, 0.15) is 11.3 Å². The molecule has 0 spiro atoms. The molecule has 1 aromatic carbocycles. The van der Waals surface area contributed by atoms with Gasteiger partial charge in [0.1, 0.15) is 0 Å². The predicted octanol–water partition coefficient (Wildman–Crippen LogP) is 1.07. The first-order valence-electron chi connectivity index (χ1n) is 7.79. The van der Waals surface area contributed by atoms with Crippen LogP contribution in [0.2, 0.25) is 0 Å². The van der Waals surface area contributed by atoms with Crippen molar-refractivity contribution >= 4 is 6.03 Å². The van der Waals surface area contributed by atoms with E-state index in [1.54, 1.807) is 33.3 Å². The number of benzene rings is 1. The number of carbonyl (C=O) groups is 1. The lowest BCUT2D eigenvalue weighted by molar-refractivity contribution is 0.240. The van der Waals surface area contributed by atoms with Crippen LogP contribution >= 0.6 is 0 Å². The van der Waals surface area contributed by atoms with Crippen LogP contribution in [0.5, 0.6) is 11.5 Å². The Morgan fingerprint density at radius 2 is 1.92 bits per heavy atom. The Hall–Kier alpha value is -3.03. The molecular formula is C17H22N4O4. The van der Waals surface area contributed by atoms with Gasteiger partial charge in [0.2, 0.25) is 0 Å². The fourth-order valence-corrected chi connectivity index (χ4v) is 2.21. The molecule has 0 bridgehead atoms. The molecule has 0 fully saturated rings. The van der Waals surface area contributed by atoms with Crippen molar-refractivity contribution in [3.63, 3.8) is 0 Å². The smallest absolute Gasteiger partial charge is 0.315 e. The number of methoxy groups -OCH3 is 2. The number of rotatable bonds is 7. The summed E-state index contributed by atoms with van der Waals surface area (Å²) in [6.45, 7) is 2.78. The highest BCUT2D eigenvalue weighted by Crippen LogP contribution is 2.27. The number of amides is 2. The Balaban J connectivity index is 1.80. The normalized spacial score (nSPS) is 10.2. The van der Waals surface area contributed by atoms with E-state index >= 15 is 0 Å². The molecule has 1 heterocycles. The van der Waals surface area contributed by atoms with Crippen molar-refractivity contribution in [2.24, 2.45) is 0 Å². The largest absolute Gasteiger partial charge is 0.493 e. The molecule has 8 nitrogen and oxygen atoms in total. The first-order chi connectivity index (χ1) is 12.0. The lowest BCUT2D eigenvalue weighted by Gasteiger charge is -2.11. The standard InChI is InChI=1S/C17H22N4O4/c1-12-8-16(22)21(11-20-12)7-6-18-17(23)19-10-13-4-5-14(24-2)15(9-13)25-3/h4-5,8-9,11H,6-7,10H2,1-3H3,(H2,18,19,23). The lowest BCUT2D eigenvalue weighted by Crippen LogP contribution is -2.37. The second-order valence-corrected chi connectivity index (χ2v) is 5.36. The van der Waals surface area contributed by atoms with Crippen molar-refractivity contribution in [1.29, 1.82) is 0 Å². The van der Waals surface area contributed by atoms with Crippen LogP contribution in [0.4, 0.5) is 4.79 Å². The Morgan fingerprint density at radius 1 is 1.16 bits per heavy atom. The zero-order chi connectivity index (χ0) is 18.2. The van der Waals surface area contributed by atoms with Crippen LogP contribution in [0, 0.1) is 6.92 Å². The highest BCUT2D eigenvalue weighted by Gasteiger charge is 2.06. The molecule has 134 valence electrons. The van der Waals surface area contributed by atoms with Gasteiger partial charge < -0.3 is 20.1 Å². The summed E-state index contributed by atoms with van der Waals surface area (Å²) in [6, 6.07) is 6.57. The Kier molecular flexibility index (Phi) is 6.39. The average Bonchev–Trinajstić information content (AvgIpc) is 2.61. The van der Waals surface area contributed by atoms with Gasteiger partial charge in [-0.2, -0.15) is 0 Å². The van der Waals surface area contributed by atoms with Crippen LogP contribution in [0.25, 0.3) is 0 Å². The topological polar surface area (TPSA) is 94.5 Å². The summed E-state index contributed by atoms with van der Waals surface area (Å²) >= 11 is 0. The summed E-state index contributed by atoms with van der Waals surface area (Å²) in [5, 5.41) is 5.45. The molecule has 2 aromatic rings. The van der Waals surface area contributed by atoms with Crippen molar-refractivity contribution in [3.8, 4) is 11.5 Å². The summed E-state index contributed by atoms with van der Waals surface area (Å²) in [5.74, 6) is 1.24. The first kappa shape index (κ1) is 18.3. The number of ether oxygens (including phenoxy) is 2. The van der Waals surface area contributed by atoms with Crippen LogP contribution in [0.15, 0.2) is 35.4 Å². The van der Waals surface area contributed by atoms with E-state index in [1.165, 1.54) is 17.0 Å². The van der Waals surface area contributed by atoms with Crippen LogP contribution < -0.4 is 25.7 Å². The molecule has 0 radical (unpaired) electrons. The molecule has 2 rings (SSSR count). The maximum atomic E-state index is 11.8.